The van der Waals surface area contributed by atoms with Crippen molar-refractivity contribution in [2.24, 2.45) is 5.92 Å². The molecule has 9 heteroatoms. The molecule has 3 atom stereocenters. The van der Waals surface area contributed by atoms with Crippen LogP contribution in [0.2, 0.25) is 0 Å². The molecular formula is C37H48N4O4S. The number of nitrogens with one attached hydrogen (secondary N) is 2. The van der Waals surface area contributed by atoms with Crippen molar-refractivity contribution in [1.82, 2.24) is 20.3 Å². The first-order valence-electron chi connectivity index (χ1n) is 16.1. The molecule has 8 nitrogen and oxygen atoms in total. The highest BCUT2D eigenvalue weighted by Gasteiger charge is 2.53. The summed E-state index contributed by atoms with van der Waals surface area (Å²) >= 11 is 1.60. The first-order valence-corrected chi connectivity index (χ1v) is 17.5. The molecule has 0 saturated heterocycles. The fraction of sp³-hybridized carbons (Fsp3) is 0.432. The molecule has 0 aliphatic heterocycles. The van der Waals surface area contributed by atoms with Gasteiger partial charge in [-0.2, -0.15) is 16.8 Å². The van der Waals surface area contributed by atoms with Gasteiger partial charge in [-0.1, -0.05) is 93.1 Å². The largest absolute Gasteiger partial charge is 0.466 e. The molecule has 3 aromatic carbocycles. The highest BCUT2D eigenvalue weighted by atomic mass is 32.2. The number of esters is 1. The standard InChI is InChI=1S/C37H48N4O4S/c1-6-28(2)20-22-45-41(34(42)19-17-29-12-8-7-9-13-29)37(21-23-46-5,35(43)44-4)40-36(3,33-26-38-27-39-33)25-30-16-18-31-14-10-11-15-32(31)24-30/h7-16,18,24,26-28,40H,6,17,19-23,25H2,1-5H3,(H,38,39)/t28-,36?,37-/m0/s1. The van der Waals surface area contributed by atoms with E-state index < -0.39 is 17.2 Å². The molecule has 46 heavy (non-hydrogen) atoms. The molecule has 0 radical (unpaired) electrons. The minimum atomic E-state index is -1.63. The second-order valence-electron chi connectivity index (χ2n) is 12.2. The maximum absolute atomic E-state index is 14.3. The maximum Gasteiger partial charge on any atom is 0.349 e. The zero-order valence-corrected chi connectivity index (χ0v) is 28.6. The number of hydrogen-bond donors (Lipinski definition) is 2. The van der Waals surface area contributed by atoms with Crippen molar-refractivity contribution >= 4 is 34.4 Å². The maximum atomic E-state index is 14.3. The summed E-state index contributed by atoms with van der Waals surface area (Å²) < 4.78 is 5.52. The topological polar surface area (TPSA) is 96.5 Å². The van der Waals surface area contributed by atoms with Gasteiger partial charge in [0.2, 0.25) is 11.6 Å². The Balaban J connectivity index is 1.79. The molecule has 4 aromatic rings. The van der Waals surface area contributed by atoms with E-state index >= 15 is 0 Å². The molecule has 1 unspecified atom stereocenters. The number of imidazole rings is 1. The monoisotopic (exact) mass is 644 g/mol. The zero-order chi connectivity index (χ0) is 33.0. The van der Waals surface area contributed by atoms with Gasteiger partial charge in [-0.05, 0) is 66.0 Å². The fourth-order valence-electron chi connectivity index (χ4n) is 5.79. The quantitative estimate of drug-likeness (QED) is 0.0680. The number of carbonyl (C=O) groups excluding carboxylic acids is 2. The van der Waals surface area contributed by atoms with Crippen LogP contribution in [0.25, 0.3) is 10.8 Å². The lowest BCUT2D eigenvalue weighted by Gasteiger charge is -2.46. The van der Waals surface area contributed by atoms with E-state index in [4.69, 9.17) is 9.57 Å². The van der Waals surface area contributed by atoms with Gasteiger partial charge in [0.25, 0.3) is 0 Å². The van der Waals surface area contributed by atoms with Crippen LogP contribution in [0.3, 0.4) is 0 Å². The molecule has 0 saturated carbocycles. The van der Waals surface area contributed by atoms with Gasteiger partial charge in [-0.3, -0.25) is 14.9 Å². The van der Waals surface area contributed by atoms with Crippen molar-refractivity contribution in [1.29, 1.82) is 0 Å². The lowest BCUT2D eigenvalue weighted by molar-refractivity contribution is -0.241. The number of benzene rings is 3. The molecule has 0 bridgehead atoms. The van der Waals surface area contributed by atoms with Gasteiger partial charge >= 0.3 is 5.97 Å². The molecule has 0 aliphatic rings. The van der Waals surface area contributed by atoms with Crippen LogP contribution < -0.4 is 5.32 Å². The number of aromatic amines is 1. The number of aromatic nitrogens is 2. The highest BCUT2D eigenvalue weighted by molar-refractivity contribution is 7.98. The molecule has 1 aromatic heterocycles. The van der Waals surface area contributed by atoms with Gasteiger partial charge < -0.3 is 9.72 Å². The lowest BCUT2D eigenvalue weighted by Crippen LogP contribution is -2.70. The molecule has 1 amide bonds. The lowest BCUT2D eigenvalue weighted by atomic mass is 9.86. The van der Waals surface area contributed by atoms with Crippen molar-refractivity contribution in [2.75, 3.05) is 25.7 Å². The second kappa shape index (κ2) is 16.8. The fourth-order valence-corrected chi connectivity index (χ4v) is 6.29. The van der Waals surface area contributed by atoms with Crippen LogP contribution in [-0.2, 0) is 37.5 Å². The Morgan fingerprint density at radius 3 is 2.46 bits per heavy atom. The number of hydrogen-bond acceptors (Lipinski definition) is 7. The van der Waals surface area contributed by atoms with Crippen LogP contribution in [0.15, 0.2) is 85.3 Å². The van der Waals surface area contributed by atoms with Crippen LogP contribution in [0.5, 0.6) is 0 Å². The molecule has 4 rings (SSSR count). The van der Waals surface area contributed by atoms with Crippen LogP contribution in [-0.4, -0.2) is 58.3 Å². The highest BCUT2D eigenvalue weighted by Crippen LogP contribution is 2.33. The summed E-state index contributed by atoms with van der Waals surface area (Å²) in [6.45, 7) is 6.60. The summed E-state index contributed by atoms with van der Waals surface area (Å²) in [6.07, 6.45) is 8.54. The smallest absolute Gasteiger partial charge is 0.349 e. The first-order chi connectivity index (χ1) is 22.2. The van der Waals surface area contributed by atoms with Gasteiger partial charge in [0, 0.05) is 19.0 Å². The number of fused-ring (bicyclic) bond motifs is 1. The Morgan fingerprint density at radius 2 is 1.78 bits per heavy atom. The first kappa shape index (κ1) is 35.2. The average Bonchev–Trinajstić information content (AvgIpc) is 3.64. The summed E-state index contributed by atoms with van der Waals surface area (Å²) in [6, 6.07) is 24.5. The van der Waals surface area contributed by atoms with E-state index in [0.29, 0.717) is 24.5 Å². The van der Waals surface area contributed by atoms with Gasteiger partial charge in [0.15, 0.2) is 0 Å². The Morgan fingerprint density at radius 1 is 1.04 bits per heavy atom. The van der Waals surface area contributed by atoms with E-state index in [1.54, 1.807) is 24.3 Å². The number of H-pyrrole nitrogens is 1. The number of hydroxylamine groups is 2. The number of carbonyl (C=O) groups is 2. The number of aryl methyl sites for hydroxylation is 1. The number of thioether (sulfide) groups is 1. The molecule has 0 fully saturated rings. The number of amides is 1. The van der Waals surface area contributed by atoms with E-state index in [0.717, 1.165) is 40.4 Å². The van der Waals surface area contributed by atoms with Crippen molar-refractivity contribution in [3.8, 4) is 0 Å². The number of ether oxygens (including phenoxy) is 1. The molecule has 2 N–H and O–H groups in total. The van der Waals surface area contributed by atoms with Crippen LogP contribution >= 0.6 is 11.8 Å². The summed E-state index contributed by atoms with van der Waals surface area (Å²) in [5, 5.41) is 7.26. The van der Waals surface area contributed by atoms with E-state index in [2.05, 4.69) is 59.5 Å². The Bertz CT molecular complexity index is 1530. The minimum absolute atomic E-state index is 0.165. The van der Waals surface area contributed by atoms with Gasteiger partial charge in [0.05, 0.1) is 31.3 Å². The van der Waals surface area contributed by atoms with E-state index in [1.165, 1.54) is 12.2 Å². The minimum Gasteiger partial charge on any atom is -0.466 e. The van der Waals surface area contributed by atoms with Gasteiger partial charge in [0.1, 0.15) is 0 Å². The van der Waals surface area contributed by atoms with E-state index in [-0.39, 0.29) is 25.4 Å². The number of nitrogens with zero attached hydrogens (tertiary/aromatic N) is 2. The molecule has 1 heterocycles. The van der Waals surface area contributed by atoms with E-state index in [9.17, 15) is 9.59 Å². The van der Waals surface area contributed by atoms with Crippen LogP contribution in [0.4, 0.5) is 0 Å². The predicted octanol–water partition coefficient (Wildman–Crippen LogP) is 7.06. The summed E-state index contributed by atoms with van der Waals surface area (Å²) in [5.41, 5.74) is 0.358. The SMILES string of the molecule is CC[C@H](C)CCON(C(=O)CCc1ccccc1)[C@](CCSC)(NC(C)(Cc1ccc2ccccc2c1)c1cnc[nH]1)C(=O)OC. The number of rotatable bonds is 18. The summed E-state index contributed by atoms with van der Waals surface area (Å²) in [5.74, 6) is 0.108. The van der Waals surface area contributed by atoms with Crippen molar-refractivity contribution in [3.05, 3.63) is 102 Å². The van der Waals surface area contributed by atoms with E-state index in [1.807, 2.05) is 55.6 Å². The Hall–Kier alpha value is -3.66. The van der Waals surface area contributed by atoms with Crippen molar-refractivity contribution < 1.29 is 19.2 Å². The summed E-state index contributed by atoms with van der Waals surface area (Å²) in [4.78, 5) is 42.5. The van der Waals surface area contributed by atoms with Crippen LogP contribution in [0, 0.1) is 5.92 Å². The Kier molecular flexibility index (Phi) is 12.8. The molecule has 0 aliphatic carbocycles. The Labute approximate surface area is 277 Å². The zero-order valence-electron chi connectivity index (χ0n) is 27.8. The number of methoxy groups -OCH3 is 1. The van der Waals surface area contributed by atoms with Gasteiger partial charge in [-0.15, -0.1) is 0 Å². The molecule has 246 valence electrons. The average molecular weight is 645 g/mol. The third-order valence-electron chi connectivity index (χ3n) is 8.71. The third-order valence-corrected chi connectivity index (χ3v) is 9.32. The van der Waals surface area contributed by atoms with Gasteiger partial charge in [-0.25, -0.2) is 9.78 Å². The summed E-state index contributed by atoms with van der Waals surface area (Å²) in [7, 11) is 1.36. The molecular weight excluding hydrogens is 596 g/mol. The van der Waals surface area contributed by atoms with Crippen molar-refractivity contribution in [3.63, 3.8) is 0 Å². The van der Waals surface area contributed by atoms with Crippen molar-refractivity contribution in [2.45, 2.75) is 70.5 Å². The predicted molar refractivity (Wildman–Crippen MR) is 186 cm³/mol. The third kappa shape index (κ3) is 8.78. The molecule has 0 spiro atoms. The van der Waals surface area contributed by atoms with Crippen LogP contribution in [0.1, 0.15) is 63.3 Å². The second-order valence-corrected chi connectivity index (χ2v) is 13.2. The normalized spacial score (nSPS) is 14.7.